The van der Waals surface area contributed by atoms with Crippen molar-refractivity contribution < 1.29 is 19.1 Å². The Kier molecular flexibility index (Phi) is 6.92. The number of ether oxygens (including phenoxy) is 2. The van der Waals surface area contributed by atoms with Gasteiger partial charge in [-0.2, -0.15) is 0 Å². The maximum Gasteiger partial charge on any atom is 0.257 e. The first-order valence-electron chi connectivity index (χ1n) is 13.5. The second-order valence-corrected chi connectivity index (χ2v) is 12.4. The van der Waals surface area contributed by atoms with Crippen LogP contribution in [0, 0.1) is 0 Å². The fourth-order valence-corrected chi connectivity index (χ4v) is 7.57. The first-order valence-corrected chi connectivity index (χ1v) is 13.5. The number of carbonyl (C=O) groups is 2. The summed E-state index contributed by atoms with van der Waals surface area (Å²) >= 11 is 0. The number of epoxide rings is 1. The van der Waals surface area contributed by atoms with Gasteiger partial charge in [-0.25, -0.2) is 0 Å². The number of likely N-dealkylation sites (tertiary alicyclic amines) is 1. The lowest BCUT2D eigenvalue weighted by molar-refractivity contribution is -0.202. The molecule has 3 heterocycles. The fraction of sp³-hybridized carbons (Fsp3) is 0.926. The van der Waals surface area contributed by atoms with Crippen LogP contribution in [0.2, 0.25) is 0 Å². The average Bonchev–Trinajstić information content (AvgIpc) is 3.46. The van der Waals surface area contributed by atoms with Gasteiger partial charge in [0, 0.05) is 30.8 Å². The van der Waals surface area contributed by atoms with Gasteiger partial charge in [0.25, 0.3) is 5.91 Å². The maximum absolute atomic E-state index is 14.3. The van der Waals surface area contributed by atoms with Crippen molar-refractivity contribution in [2.45, 2.75) is 147 Å². The van der Waals surface area contributed by atoms with Crippen LogP contribution in [0.1, 0.15) is 118 Å². The molecule has 2 amide bonds. The van der Waals surface area contributed by atoms with Crippen molar-refractivity contribution in [3.05, 3.63) is 0 Å². The third kappa shape index (κ3) is 4.98. The number of carbonyl (C=O) groups excluding carboxylic acids is 2. The van der Waals surface area contributed by atoms with Gasteiger partial charge < -0.3 is 19.3 Å². The third-order valence-corrected chi connectivity index (χ3v) is 8.40. The van der Waals surface area contributed by atoms with Crippen LogP contribution in [-0.4, -0.2) is 63.3 Å². The van der Waals surface area contributed by atoms with Gasteiger partial charge in [0.15, 0.2) is 5.60 Å². The van der Waals surface area contributed by atoms with Crippen LogP contribution < -0.4 is 0 Å². The molecule has 4 rings (SSSR count). The number of amides is 2. The van der Waals surface area contributed by atoms with Crippen molar-refractivity contribution >= 4 is 11.8 Å². The van der Waals surface area contributed by atoms with Gasteiger partial charge in [0.1, 0.15) is 5.72 Å². The van der Waals surface area contributed by atoms with Gasteiger partial charge in [0.05, 0.1) is 19.3 Å². The highest BCUT2D eigenvalue weighted by Gasteiger charge is 2.66. The van der Waals surface area contributed by atoms with Crippen LogP contribution in [-0.2, 0) is 19.1 Å². The summed E-state index contributed by atoms with van der Waals surface area (Å²) in [7, 11) is 0. The predicted molar refractivity (Wildman–Crippen MR) is 129 cm³/mol. The Hall–Kier alpha value is -1.14. The predicted octanol–water partition coefficient (Wildman–Crippen LogP) is 5.18. The molecule has 1 atom stereocenters. The van der Waals surface area contributed by atoms with E-state index in [4.69, 9.17) is 9.47 Å². The molecule has 1 aliphatic carbocycles. The van der Waals surface area contributed by atoms with E-state index in [0.29, 0.717) is 19.4 Å². The second-order valence-electron chi connectivity index (χ2n) is 12.4. The molecule has 3 aliphatic heterocycles. The van der Waals surface area contributed by atoms with Crippen LogP contribution in [0.4, 0.5) is 0 Å². The van der Waals surface area contributed by atoms with Gasteiger partial charge in [-0.15, -0.1) is 0 Å². The molecule has 188 valence electrons. The number of hydrogen-bond donors (Lipinski definition) is 0. The zero-order chi connectivity index (χ0) is 23.9. The topological polar surface area (TPSA) is 62.4 Å². The lowest BCUT2D eigenvalue weighted by atomic mass is 9.70. The average molecular weight is 463 g/mol. The Morgan fingerprint density at radius 3 is 1.76 bits per heavy atom. The Labute approximate surface area is 200 Å². The lowest BCUT2D eigenvalue weighted by Gasteiger charge is -2.57. The lowest BCUT2D eigenvalue weighted by Crippen LogP contribution is -2.68. The summed E-state index contributed by atoms with van der Waals surface area (Å²) in [6.45, 7) is 11.4. The summed E-state index contributed by atoms with van der Waals surface area (Å²) < 4.78 is 12.8. The van der Waals surface area contributed by atoms with Gasteiger partial charge in [0.2, 0.25) is 5.91 Å². The van der Waals surface area contributed by atoms with Crippen LogP contribution in [0.15, 0.2) is 0 Å². The third-order valence-electron chi connectivity index (χ3n) is 8.40. The SMILES string of the molecule is CC(=O)N1C(C)(C)CC2(CC1(C)C)OC1(CCCCCCCCCCC1)N(CC1CO1)C2=O. The second kappa shape index (κ2) is 9.14. The molecule has 3 saturated heterocycles. The van der Waals surface area contributed by atoms with Crippen LogP contribution in [0.25, 0.3) is 0 Å². The van der Waals surface area contributed by atoms with E-state index in [0.717, 1.165) is 32.3 Å². The molecule has 0 aromatic heterocycles. The van der Waals surface area contributed by atoms with Crippen LogP contribution >= 0.6 is 0 Å². The molecular formula is C27H46N2O4. The molecule has 4 aliphatic rings. The minimum absolute atomic E-state index is 0.0641. The molecule has 33 heavy (non-hydrogen) atoms. The van der Waals surface area contributed by atoms with Gasteiger partial charge in [-0.1, -0.05) is 44.9 Å². The smallest absolute Gasteiger partial charge is 0.257 e. The van der Waals surface area contributed by atoms with E-state index in [1.54, 1.807) is 6.92 Å². The normalized spacial score (nSPS) is 31.3. The van der Waals surface area contributed by atoms with E-state index < -0.39 is 22.4 Å². The van der Waals surface area contributed by atoms with Gasteiger partial charge in [-0.05, 0) is 53.4 Å². The zero-order valence-electron chi connectivity index (χ0n) is 21.7. The summed E-state index contributed by atoms with van der Waals surface area (Å²) in [5.41, 5.74) is -2.32. The summed E-state index contributed by atoms with van der Waals surface area (Å²) in [5, 5.41) is 0. The molecule has 2 spiro atoms. The Morgan fingerprint density at radius 1 is 0.879 bits per heavy atom. The van der Waals surface area contributed by atoms with E-state index in [-0.39, 0.29) is 17.9 Å². The minimum atomic E-state index is -0.870. The molecule has 1 saturated carbocycles. The van der Waals surface area contributed by atoms with Crippen LogP contribution in [0.5, 0.6) is 0 Å². The molecule has 0 bridgehead atoms. The van der Waals surface area contributed by atoms with Crippen molar-refractivity contribution in [2.24, 2.45) is 0 Å². The summed E-state index contributed by atoms with van der Waals surface area (Å²) in [4.78, 5) is 31.0. The molecule has 0 aromatic rings. The quantitative estimate of drug-likeness (QED) is 0.530. The summed E-state index contributed by atoms with van der Waals surface area (Å²) in [6.07, 6.45) is 14.2. The molecule has 6 heteroatoms. The van der Waals surface area contributed by atoms with Crippen molar-refractivity contribution in [3.8, 4) is 0 Å². The van der Waals surface area contributed by atoms with Crippen molar-refractivity contribution in [1.82, 2.24) is 9.80 Å². The van der Waals surface area contributed by atoms with E-state index >= 15 is 0 Å². The number of piperidine rings is 1. The summed E-state index contributed by atoms with van der Waals surface area (Å²) in [5.74, 6) is 0.198. The Bertz CT molecular complexity index is 712. The van der Waals surface area contributed by atoms with Crippen molar-refractivity contribution in [2.75, 3.05) is 13.2 Å². The maximum atomic E-state index is 14.3. The monoisotopic (exact) mass is 462 g/mol. The summed E-state index contributed by atoms with van der Waals surface area (Å²) in [6, 6.07) is 0. The first kappa shape index (κ1) is 25.0. The molecule has 0 N–H and O–H groups in total. The first-order chi connectivity index (χ1) is 15.5. The molecule has 1 unspecified atom stereocenters. The number of hydrogen-bond acceptors (Lipinski definition) is 4. The minimum Gasteiger partial charge on any atom is -0.371 e. The number of nitrogens with zero attached hydrogens (tertiary/aromatic N) is 2. The number of rotatable bonds is 2. The van der Waals surface area contributed by atoms with E-state index in [1.165, 1.54) is 44.9 Å². The van der Waals surface area contributed by atoms with Crippen LogP contribution in [0.3, 0.4) is 0 Å². The highest BCUT2D eigenvalue weighted by Crippen LogP contribution is 2.54. The van der Waals surface area contributed by atoms with Gasteiger partial charge in [-0.3, -0.25) is 9.59 Å². The molecule has 6 nitrogen and oxygen atoms in total. The zero-order valence-corrected chi connectivity index (χ0v) is 21.7. The van der Waals surface area contributed by atoms with Crippen molar-refractivity contribution in [3.63, 3.8) is 0 Å². The molecule has 0 radical (unpaired) electrons. The van der Waals surface area contributed by atoms with E-state index in [1.807, 2.05) is 4.90 Å². The molecular weight excluding hydrogens is 416 g/mol. The Balaban J connectivity index is 1.67. The molecule has 4 fully saturated rings. The van der Waals surface area contributed by atoms with E-state index in [2.05, 4.69) is 32.6 Å². The Morgan fingerprint density at radius 2 is 1.33 bits per heavy atom. The highest BCUT2D eigenvalue weighted by molar-refractivity contribution is 5.89. The fourth-order valence-electron chi connectivity index (χ4n) is 7.57. The molecule has 0 aromatic carbocycles. The largest absolute Gasteiger partial charge is 0.371 e. The van der Waals surface area contributed by atoms with Crippen molar-refractivity contribution in [1.29, 1.82) is 0 Å². The van der Waals surface area contributed by atoms with E-state index in [9.17, 15) is 9.59 Å². The standard InChI is InChI=1S/C27H46N2O4/c1-21(30)29-24(2,3)19-26(20-25(29,4)5)23(31)28(17-22-18-32-22)27(33-26)15-13-11-9-7-6-8-10-12-14-16-27/h22H,6-20H2,1-5H3. The highest BCUT2D eigenvalue weighted by atomic mass is 16.6. The van der Waals surface area contributed by atoms with Gasteiger partial charge >= 0.3 is 0 Å².